The van der Waals surface area contributed by atoms with Crippen LogP contribution in [0.2, 0.25) is 0 Å². The molecule has 3 nitrogen and oxygen atoms in total. The summed E-state index contributed by atoms with van der Waals surface area (Å²) in [6.45, 7) is 0.718. The first-order chi connectivity index (χ1) is 3.86. The van der Waals surface area contributed by atoms with Crippen LogP contribution in [-0.4, -0.2) is 24.7 Å². The number of hydrogen-bond acceptors (Lipinski definition) is 2. The van der Waals surface area contributed by atoms with E-state index in [0.29, 0.717) is 6.10 Å². The van der Waals surface area contributed by atoms with Crippen molar-refractivity contribution in [3.05, 3.63) is 0 Å². The van der Waals surface area contributed by atoms with Crippen LogP contribution in [0.5, 0.6) is 0 Å². The Kier molecular flexibility index (Phi) is 0.663. The Hall–Kier alpha value is -0.570. The van der Waals surface area contributed by atoms with Gasteiger partial charge in [-0.05, 0) is 0 Å². The number of rotatable bonds is 0. The molecule has 0 aliphatic carbocycles. The number of hydrogen-bond donors (Lipinski definition) is 1. The van der Waals surface area contributed by atoms with Crippen molar-refractivity contribution >= 4 is 5.91 Å². The van der Waals surface area contributed by atoms with Gasteiger partial charge in [0.05, 0.1) is 6.10 Å². The average molecular weight is 113 g/mol. The lowest BCUT2D eigenvalue weighted by molar-refractivity contribution is -0.175. The van der Waals surface area contributed by atoms with Gasteiger partial charge in [-0.15, -0.1) is 0 Å². The maximum Gasteiger partial charge on any atom is 0.249 e. The van der Waals surface area contributed by atoms with Gasteiger partial charge < -0.3 is 10.1 Å². The second-order valence-corrected chi connectivity index (χ2v) is 2.23. The van der Waals surface area contributed by atoms with Gasteiger partial charge in [0.25, 0.3) is 0 Å². The average Bonchev–Trinajstić information content (AvgIpc) is 1.62. The van der Waals surface area contributed by atoms with Gasteiger partial charge >= 0.3 is 0 Å². The van der Waals surface area contributed by atoms with E-state index >= 15 is 0 Å². The fourth-order valence-corrected chi connectivity index (χ4v) is 1.09. The molecule has 0 aromatic rings. The van der Waals surface area contributed by atoms with E-state index in [4.69, 9.17) is 4.74 Å². The third-order valence-corrected chi connectivity index (χ3v) is 1.63. The summed E-state index contributed by atoms with van der Waals surface area (Å²) < 4.78 is 5.08. The van der Waals surface area contributed by atoms with Gasteiger partial charge in [0.1, 0.15) is 6.10 Å². The highest BCUT2D eigenvalue weighted by Gasteiger charge is 2.40. The molecule has 3 aliphatic heterocycles. The monoisotopic (exact) mass is 113 g/mol. The lowest BCUT2D eigenvalue weighted by Gasteiger charge is -2.40. The number of piperidine rings is 1. The SMILES string of the molecule is O=C1NCC2CC1O2. The van der Waals surface area contributed by atoms with E-state index in [-0.39, 0.29) is 12.0 Å². The van der Waals surface area contributed by atoms with Gasteiger partial charge in [-0.2, -0.15) is 0 Å². The lowest BCUT2D eigenvalue weighted by atomic mass is 10.0. The number of nitrogens with one attached hydrogen (secondary N) is 1. The van der Waals surface area contributed by atoms with Gasteiger partial charge in [0.2, 0.25) is 5.91 Å². The van der Waals surface area contributed by atoms with Crippen LogP contribution in [0.25, 0.3) is 0 Å². The minimum Gasteiger partial charge on any atom is -0.363 e. The van der Waals surface area contributed by atoms with Crippen LogP contribution in [0, 0.1) is 0 Å². The van der Waals surface area contributed by atoms with E-state index in [1.54, 1.807) is 0 Å². The number of morpholine rings is 1. The zero-order valence-electron chi connectivity index (χ0n) is 4.39. The topological polar surface area (TPSA) is 38.3 Å². The summed E-state index contributed by atoms with van der Waals surface area (Å²) in [5, 5.41) is 2.72. The van der Waals surface area contributed by atoms with Gasteiger partial charge in [0, 0.05) is 13.0 Å². The first kappa shape index (κ1) is 4.32. The van der Waals surface area contributed by atoms with Crippen LogP contribution in [0.3, 0.4) is 0 Å². The number of ether oxygens (including phenoxy) is 1. The van der Waals surface area contributed by atoms with E-state index in [2.05, 4.69) is 5.32 Å². The Morgan fingerprint density at radius 3 is 2.75 bits per heavy atom. The molecule has 0 spiro atoms. The molecule has 3 heteroatoms. The molecule has 2 atom stereocenters. The summed E-state index contributed by atoms with van der Waals surface area (Å²) in [6, 6.07) is 0. The maximum absolute atomic E-state index is 10.6. The van der Waals surface area contributed by atoms with Gasteiger partial charge in [0.15, 0.2) is 0 Å². The van der Waals surface area contributed by atoms with Crippen molar-refractivity contribution < 1.29 is 9.53 Å². The third-order valence-electron chi connectivity index (χ3n) is 1.63. The molecule has 2 unspecified atom stereocenters. The summed E-state index contributed by atoms with van der Waals surface area (Å²) in [4.78, 5) is 10.6. The van der Waals surface area contributed by atoms with Crippen molar-refractivity contribution in [2.75, 3.05) is 6.54 Å². The molecule has 0 aromatic heterocycles. The van der Waals surface area contributed by atoms with Gasteiger partial charge in [-0.1, -0.05) is 0 Å². The minimum atomic E-state index is -0.103. The highest BCUT2D eigenvalue weighted by molar-refractivity contribution is 5.82. The quantitative estimate of drug-likeness (QED) is 0.450. The normalized spacial score (nSPS) is 42.8. The minimum absolute atomic E-state index is 0.0625. The van der Waals surface area contributed by atoms with Crippen LogP contribution < -0.4 is 5.32 Å². The van der Waals surface area contributed by atoms with E-state index in [0.717, 1.165) is 13.0 Å². The highest BCUT2D eigenvalue weighted by atomic mass is 16.5. The summed E-state index contributed by atoms with van der Waals surface area (Å²) in [5.41, 5.74) is 0. The van der Waals surface area contributed by atoms with E-state index in [1.165, 1.54) is 0 Å². The van der Waals surface area contributed by atoms with Crippen LogP contribution in [-0.2, 0) is 9.53 Å². The second kappa shape index (κ2) is 1.23. The zero-order valence-corrected chi connectivity index (χ0v) is 4.39. The Morgan fingerprint density at radius 2 is 2.50 bits per heavy atom. The van der Waals surface area contributed by atoms with Crippen molar-refractivity contribution in [1.29, 1.82) is 0 Å². The fraction of sp³-hybridized carbons (Fsp3) is 0.800. The maximum atomic E-state index is 10.6. The van der Waals surface area contributed by atoms with Gasteiger partial charge in [-0.3, -0.25) is 4.79 Å². The first-order valence-corrected chi connectivity index (χ1v) is 2.79. The van der Waals surface area contributed by atoms with Crippen molar-refractivity contribution in [2.45, 2.75) is 18.6 Å². The van der Waals surface area contributed by atoms with Crippen LogP contribution in [0.1, 0.15) is 6.42 Å². The molecule has 0 saturated carbocycles. The first-order valence-electron chi connectivity index (χ1n) is 2.79. The molecule has 3 heterocycles. The molecule has 3 rings (SSSR count). The summed E-state index contributed by atoms with van der Waals surface area (Å²) in [7, 11) is 0. The highest BCUT2D eigenvalue weighted by Crippen LogP contribution is 2.23. The second-order valence-electron chi connectivity index (χ2n) is 2.23. The summed E-state index contributed by atoms with van der Waals surface area (Å²) in [5.74, 6) is 0.0625. The summed E-state index contributed by atoms with van der Waals surface area (Å²) >= 11 is 0. The molecule has 44 valence electrons. The molecule has 3 saturated heterocycles. The molecular formula is C5H7NO2. The number of fused-ring (bicyclic) bond motifs is 2. The Morgan fingerprint density at radius 1 is 1.75 bits per heavy atom. The predicted molar refractivity (Wildman–Crippen MR) is 26.3 cm³/mol. The van der Waals surface area contributed by atoms with Crippen LogP contribution >= 0.6 is 0 Å². The van der Waals surface area contributed by atoms with Gasteiger partial charge in [-0.25, -0.2) is 0 Å². The van der Waals surface area contributed by atoms with E-state index in [9.17, 15) is 4.79 Å². The largest absolute Gasteiger partial charge is 0.363 e. The molecular weight excluding hydrogens is 106 g/mol. The number of carbonyl (C=O) groups excluding carboxylic acids is 1. The van der Waals surface area contributed by atoms with Crippen LogP contribution in [0.4, 0.5) is 0 Å². The van der Waals surface area contributed by atoms with Crippen molar-refractivity contribution in [1.82, 2.24) is 5.32 Å². The zero-order chi connectivity index (χ0) is 5.56. The Labute approximate surface area is 47.0 Å². The van der Waals surface area contributed by atoms with Crippen LogP contribution in [0.15, 0.2) is 0 Å². The van der Waals surface area contributed by atoms with Crippen molar-refractivity contribution in [3.63, 3.8) is 0 Å². The molecule has 3 aliphatic rings. The third kappa shape index (κ3) is 0.395. The standard InChI is InChI=1S/C5H7NO2/c7-5-4-1-3(8-4)2-6-5/h3-4H,1-2H2,(H,6,7). The molecule has 8 heavy (non-hydrogen) atoms. The fourth-order valence-electron chi connectivity index (χ4n) is 1.09. The Bertz CT molecular complexity index is 126. The molecule has 1 amide bonds. The van der Waals surface area contributed by atoms with E-state index < -0.39 is 0 Å². The Balaban J connectivity index is 2.10. The molecule has 1 N–H and O–H groups in total. The lowest BCUT2D eigenvalue weighted by Crippen LogP contribution is -2.59. The number of amides is 1. The molecule has 0 radical (unpaired) electrons. The van der Waals surface area contributed by atoms with E-state index in [1.807, 2.05) is 0 Å². The van der Waals surface area contributed by atoms with Crippen molar-refractivity contribution in [2.24, 2.45) is 0 Å². The molecule has 2 bridgehead atoms. The molecule has 3 fully saturated rings. The predicted octanol–water partition coefficient (Wildman–Crippen LogP) is -0.726. The molecule has 0 aromatic carbocycles. The summed E-state index contributed by atoms with van der Waals surface area (Å²) in [6.07, 6.45) is 1.16. The smallest absolute Gasteiger partial charge is 0.249 e. The number of carbonyl (C=O) groups is 1. The van der Waals surface area contributed by atoms with Crippen molar-refractivity contribution in [3.8, 4) is 0 Å².